The molecule has 0 aromatic heterocycles. The molecule has 0 bridgehead atoms. The number of amides is 1. The standard InChI is InChI=1S/C15H22FNO2/c1-5-6-14(18)17-10-15(2,3)11-7-8-12(16)13(9-11)19-4/h7-9H,5-6,10H2,1-4H3,(H,17,18). The Morgan fingerprint density at radius 3 is 2.68 bits per heavy atom. The number of halogens is 1. The van der Waals surface area contributed by atoms with Crippen molar-refractivity contribution >= 4 is 5.91 Å². The first-order valence-electron chi connectivity index (χ1n) is 6.51. The molecule has 1 aromatic carbocycles. The van der Waals surface area contributed by atoms with Crippen LogP contribution < -0.4 is 10.1 Å². The van der Waals surface area contributed by atoms with Crippen molar-refractivity contribution in [3.05, 3.63) is 29.6 Å². The van der Waals surface area contributed by atoms with E-state index in [1.165, 1.54) is 13.2 Å². The zero-order valence-corrected chi connectivity index (χ0v) is 12.0. The lowest BCUT2D eigenvalue weighted by Gasteiger charge is -2.26. The summed E-state index contributed by atoms with van der Waals surface area (Å²) in [6.07, 6.45) is 1.36. The third kappa shape index (κ3) is 4.23. The second-order valence-corrected chi connectivity index (χ2v) is 5.26. The molecular formula is C15H22FNO2. The van der Waals surface area contributed by atoms with E-state index in [0.29, 0.717) is 13.0 Å². The molecule has 0 saturated heterocycles. The summed E-state index contributed by atoms with van der Waals surface area (Å²) in [6, 6.07) is 4.80. The minimum atomic E-state index is -0.378. The predicted molar refractivity (Wildman–Crippen MR) is 73.9 cm³/mol. The van der Waals surface area contributed by atoms with E-state index in [2.05, 4.69) is 5.32 Å². The second kappa shape index (κ2) is 6.55. The SMILES string of the molecule is CCCC(=O)NCC(C)(C)c1ccc(F)c(OC)c1. The first-order valence-corrected chi connectivity index (χ1v) is 6.51. The molecule has 0 aliphatic heterocycles. The fourth-order valence-electron chi connectivity index (χ4n) is 1.82. The van der Waals surface area contributed by atoms with Crippen molar-refractivity contribution in [1.82, 2.24) is 5.32 Å². The average Bonchev–Trinajstić information content (AvgIpc) is 2.37. The van der Waals surface area contributed by atoms with Gasteiger partial charge in [-0.15, -0.1) is 0 Å². The van der Waals surface area contributed by atoms with Crippen LogP contribution in [-0.2, 0) is 10.2 Å². The number of carbonyl (C=O) groups excluding carboxylic acids is 1. The molecule has 4 heteroatoms. The number of methoxy groups -OCH3 is 1. The van der Waals surface area contributed by atoms with Gasteiger partial charge >= 0.3 is 0 Å². The fraction of sp³-hybridized carbons (Fsp3) is 0.533. The molecule has 19 heavy (non-hydrogen) atoms. The van der Waals surface area contributed by atoms with Crippen molar-refractivity contribution in [2.45, 2.75) is 39.0 Å². The van der Waals surface area contributed by atoms with Crippen molar-refractivity contribution in [3.63, 3.8) is 0 Å². The Hall–Kier alpha value is -1.58. The van der Waals surface area contributed by atoms with E-state index in [4.69, 9.17) is 4.74 Å². The molecule has 0 radical (unpaired) electrons. The molecule has 0 fully saturated rings. The van der Waals surface area contributed by atoms with Crippen LogP contribution in [0.5, 0.6) is 5.75 Å². The first-order chi connectivity index (χ1) is 8.90. The molecule has 0 aliphatic rings. The molecule has 0 spiro atoms. The highest BCUT2D eigenvalue weighted by molar-refractivity contribution is 5.75. The molecule has 0 aliphatic carbocycles. The monoisotopic (exact) mass is 267 g/mol. The Kier molecular flexibility index (Phi) is 5.33. The summed E-state index contributed by atoms with van der Waals surface area (Å²) in [5, 5.41) is 2.90. The largest absolute Gasteiger partial charge is 0.494 e. The normalized spacial score (nSPS) is 11.2. The van der Waals surface area contributed by atoms with Gasteiger partial charge in [0.05, 0.1) is 7.11 Å². The van der Waals surface area contributed by atoms with E-state index >= 15 is 0 Å². The van der Waals surface area contributed by atoms with Crippen molar-refractivity contribution in [2.24, 2.45) is 0 Å². The van der Waals surface area contributed by atoms with Crippen LogP contribution in [0.4, 0.5) is 4.39 Å². The van der Waals surface area contributed by atoms with Gasteiger partial charge in [-0.25, -0.2) is 4.39 Å². The molecule has 0 saturated carbocycles. The number of carbonyl (C=O) groups is 1. The van der Waals surface area contributed by atoms with Crippen LogP contribution in [0.25, 0.3) is 0 Å². The Balaban J connectivity index is 2.79. The van der Waals surface area contributed by atoms with Gasteiger partial charge in [0, 0.05) is 18.4 Å². The Morgan fingerprint density at radius 1 is 1.42 bits per heavy atom. The fourth-order valence-corrected chi connectivity index (χ4v) is 1.82. The maximum Gasteiger partial charge on any atom is 0.220 e. The number of hydrogen-bond acceptors (Lipinski definition) is 2. The second-order valence-electron chi connectivity index (χ2n) is 5.26. The van der Waals surface area contributed by atoms with Crippen molar-refractivity contribution in [2.75, 3.05) is 13.7 Å². The van der Waals surface area contributed by atoms with Crippen molar-refractivity contribution in [3.8, 4) is 5.75 Å². The van der Waals surface area contributed by atoms with Gasteiger partial charge in [-0.3, -0.25) is 4.79 Å². The number of benzene rings is 1. The van der Waals surface area contributed by atoms with Crippen LogP contribution >= 0.6 is 0 Å². The Bertz CT molecular complexity index is 444. The smallest absolute Gasteiger partial charge is 0.220 e. The van der Waals surface area contributed by atoms with E-state index in [-0.39, 0.29) is 22.9 Å². The molecule has 1 amide bonds. The molecule has 0 unspecified atom stereocenters. The minimum Gasteiger partial charge on any atom is -0.494 e. The van der Waals surface area contributed by atoms with Crippen LogP contribution in [-0.4, -0.2) is 19.6 Å². The van der Waals surface area contributed by atoms with Crippen LogP contribution in [0.15, 0.2) is 18.2 Å². The summed E-state index contributed by atoms with van der Waals surface area (Å²) in [6.45, 7) is 6.49. The summed E-state index contributed by atoms with van der Waals surface area (Å²) in [4.78, 5) is 11.5. The Morgan fingerprint density at radius 2 is 2.11 bits per heavy atom. The first kappa shape index (κ1) is 15.5. The van der Waals surface area contributed by atoms with Gasteiger partial charge in [0.1, 0.15) is 0 Å². The number of rotatable bonds is 6. The lowest BCUT2D eigenvalue weighted by atomic mass is 9.84. The molecule has 106 valence electrons. The van der Waals surface area contributed by atoms with Crippen LogP contribution in [0.3, 0.4) is 0 Å². The average molecular weight is 267 g/mol. The number of nitrogens with one attached hydrogen (secondary N) is 1. The van der Waals surface area contributed by atoms with Crippen LogP contribution in [0.1, 0.15) is 39.2 Å². The van der Waals surface area contributed by atoms with E-state index < -0.39 is 0 Å². The molecule has 0 heterocycles. The molecule has 1 rings (SSSR count). The zero-order chi connectivity index (χ0) is 14.5. The maximum atomic E-state index is 13.4. The third-order valence-corrected chi connectivity index (χ3v) is 3.14. The van der Waals surface area contributed by atoms with Crippen molar-refractivity contribution < 1.29 is 13.9 Å². The van der Waals surface area contributed by atoms with Crippen LogP contribution in [0.2, 0.25) is 0 Å². The molecule has 3 nitrogen and oxygen atoms in total. The minimum absolute atomic E-state index is 0.0460. The number of ether oxygens (including phenoxy) is 1. The molecule has 0 atom stereocenters. The van der Waals surface area contributed by atoms with Gasteiger partial charge in [-0.2, -0.15) is 0 Å². The van der Waals surface area contributed by atoms with Gasteiger partial charge in [-0.05, 0) is 24.1 Å². The topological polar surface area (TPSA) is 38.3 Å². The van der Waals surface area contributed by atoms with Gasteiger partial charge in [0.25, 0.3) is 0 Å². The highest BCUT2D eigenvalue weighted by atomic mass is 19.1. The summed E-state index contributed by atoms with van der Waals surface area (Å²) in [5.74, 6) is -0.104. The molecule has 1 N–H and O–H groups in total. The van der Waals surface area contributed by atoms with E-state index in [1.807, 2.05) is 20.8 Å². The lowest BCUT2D eigenvalue weighted by Crippen LogP contribution is -2.36. The summed E-state index contributed by atoms with van der Waals surface area (Å²) >= 11 is 0. The summed E-state index contributed by atoms with van der Waals surface area (Å²) in [5.41, 5.74) is 0.659. The van der Waals surface area contributed by atoms with Gasteiger partial charge in [0.15, 0.2) is 11.6 Å². The van der Waals surface area contributed by atoms with E-state index in [0.717, 1.165) is 12.0 Å². The quantitative estimate of drug-likeness (QED) is 0.860. The van der Waals surface area contributed by atoms with Crippen LogP contribution in [0, 0.1) is 5.82 Å². The lowest BCUT2D eigenvalue weighted by molar-refractivity contribution is -0.121. The van der Waals surface area contributed by atoms with Gasteiger partial charge in [-0.1, -0.05) is 26.8 Å². The highest BCUT2D eigenvalue weighted by Gasteiger charge is 2.22. The van der Waals surface area contributed by atoms with Crippen molar-refractivity contribution in [1.29, 1.82) is 0 Å². The molecular weight excluding hydrogens is 245 g/mol. The number of hydrogen-bond donors (Lipinski definition) is 1. The highest BCUT2D eigenvalue weighted by Crippen LogP contribution is 2.27. The maximum absolute atomic E-state index is 13.4. The van der Waals surface area contributed by atoms with E-state index in [1.54, 1.807) is 12.1 Å². The Labute approximate surface area is 114 Å². The third-order valence-electron chi connectivity index (χ3n) is 3.14. The zero-order valence-electron chi connectivity index (χ0n) is 12.0. The van der Waals surface area contributed by atoms with E-state index in [9.17, 15) is 9.18 Å². The summed E-state index contributed by atoms with van der Waals surface area (Å²) < 4.78 is 18.4. The summed E-state index contributed by atoms with van der Waals surface area (Å²) in [7, 11) is 1.44. The van der Waals surface area contributed by atoms with Gasteiger partial charge < -0.3 is 10.1 Å². The predicted octanol–water partition coefficient (Wildman–Crippen LogP) is 3.03. The van der Waals surface area contributed by atoms with Gasteiger partial charge in [0.2, 0.25) is 5.91 Å². The molecule has 1 aromatic rings.